The van der Waals surface area contributed by atoms with Crippen molar-refractivity contribution in [2.24, 2.45) is 5.92 Å². The fourth-order valence-electron chi connectivity index (χ4n) is 5.90. The highest BCUT2D eigenvalue weighted by molar-refractivity contribution is 7.95. The van der Waals surface area contributed by atoms with Gasteiger partial charge in [0.15, 0.2) is 11.6 Å². The van der Waals surface area contributed by atoms with Crippen LogP contribution in [0.5, 0.6) is 0 Å². The number of carbonyl (C=O) groups excluding carboxylic acids is 2. The number of hydrogen-bond donors (Lipinski definition) is 0. The summed E-state index contributed by atoms with van der Waals surface area (Å²) in [5, 5.41) is 4.41. The first-order chi connectivity index (χ1) is 19.5. The van der Waals surface area contributed by atoms with Crippen molar-refractivity contribution in [2.45, 2.75) is 71.6 Å². The normalized spacial score (nSPS) is 13.9. The zero-order valence-electron chi connectivity index (χ0n) is 24.2. The van der Waals surface area contributed by atoms with Gasteiger partial charge in [-0.1, -0.05) is 101 Å². The molecule has 0 saturated heterocycles. The van der Waals surface area contributed by atoms with E-state index in [1.165, 1.54) is 66.7 Å². The van der Waals surface area contributed by atoms with E-state index in [1.807, 2.05) is 13.8 Å². The average molecular weight is 552 g/mol. The minimum absolute atomic E-state index is 0.0310. The molecule has 0 spiro atoms. The predicted molar refractivity (Wildman–Crippen MR) is 173 cm³/mol. The molecule has 0 aliphatic heterocycles. The fourth-order valence-corrected chi connectivity index (χ4v) is 10.3. The fraction of sp³-hybridized carbons (Fsp3) is 0.351. The van der Waals surface area contributed by atoms with Gasteiger partial charge in [0.05, 0.1) is 6.16 Å². The number of hydrogen-bond acceptors (Lipinski definition) is 2. The van der Waals surface area contributed by atoms with Crippen LogP contribution in [0.1, 0.15) is 71.6 Å². The van der Waals surface area contributed by atoms with Gasteiger partial charge in [-0.3, -0.25) is 9.59 Å². The second-order valence-electron chi connectivity index (χ2n) is 11.3. The molecule has 0 radical (unpaired) electrons. The molecule has 208 valence electrons. The van der Waals surface area contributed by atoms with Crippen molar-refractivity contribution >= 4 is 34.7 Å². The van der Waals surface area contributed by atoms with Gasteiger partial charge in [0, 0.05) is 11.1 Å². The summed E-state index contributed by atoms with van der Waals surface area (Å²) < 4.78 is 0. The quantitative estimate of drug-likeness (QED) is 0.109. The Balaban J connectivity index is 1.25. The smallest absolute Gasteiger partial charge is 0.185 e. The van der Waals surface area contributed by atoms with Crippen LogP contribution in [-0.2, 0) is 9.59 Å². The number of unbranched alkanes of at least 4 members (excludes halogenated alkanes) is 7. The summed E-state index contributed by atoms with van der Waals surface area (Å²) in [6.45, 7) is 3.96. The molecule has 0 bridgehead atoms. The van der Waals surface area contributed by atoms with Gasteiger partial charge in [0.2, 0.25) is 0 Å². The van der Waals surface area contributed by atoms with Crippen LogP contribution in [0.2, 0.25) is 0 Å². The third-order valence-corrected chi connectivity index (χ3v) is 12.6. The second-order valence-corrected chi connectivity index (χ2v) is 14.9. The molecular weight excluding hydrogens is 507 g/mol. The molecule has 0 saturated carbocycles. The van der Waals surface area contributed by atoms with Crippen LogP contribution in [0.25, 0.3) is 0 Å². The van der Waals surface area contributed by atoms with Crippen molar-refractivity contribution < 1.29 is 9.59 Å². The first-order valence-corrected chi connectivity index (χ1v) is 17.1. The molecular formula is C37H44O2P+. The molecule has 0 N–H and O–H groups in total. The standard InChI is InChI=1S/C37H44O2P/c1-30(2)36-29-32(38)28-31(37(36)39)20-12-7-5-3-4-6-8-19-27-40(33-21-13-9-14-22-33,34-23-15-10-16-24-34)35-25-17-11-18-26-35/h9-11,13-18,21-26,28-30H,3-8,12,19-20,27H2,1-2H3/q+1. The third-order valence-electron chi connectivity index (χ3n) is 8.07. The van der Waals surface area contributed by atoms with E-state index in [9.17, 15) is 9.59 Å². The summed E-state index contributed by atoms with van der Waals surface area (Å²) in [4.78, 5) is 24.6. The Kier molecular flexibility index (Phi) is 11.2. The lowest BCUT2D eigenvalue weighted by Crippen LogP contribution is -2.33. The summed E-state index contributed by atoms with van der Waals surface area (Å²) in [7, 11) is -1.72. The SMILES string of the molecule is CC(C)C1=CC(=O)C=C(CCCCCCCCCC[P+](c2ccccc2)(c2ccccc2)c2ccccc2)C1=O. The van der Waals surface area contributed by atoms with Crippen molar-refractivity contribution in [1.29, 1.82) is 0 Å². The van der Waals surface area contributed by atoms with Crippen LogP contribution in [0.4, 0.5) is 0 Å². The molecule has 1 aliphatic carbocycles. The summed E-state index contributed by atoms with van der Waals surface area (Å²) in [6, 6.07) is 33.5. The molecule has 3 heteroatoms. The van der Waals surface area contributed by atoms with Crippen LogP contribution in [0.3, 0.4) is 0 Å². The van der Waals surface area contributed by atoms with Crippen molar-refractivity contribution in [3.8, 4) is 0 Å². The molecule has 40 heavy (non-hydrogen) atoms. The molecule has 4 rings (SSSR count). The van der Waals surface area contributed by atoms with E-state index in [0.29, 0.717) is 11.1 Å². The summed E-state index contributed by atoms with van der Waals surface area (Å²) in [5.74, 6) is 0.145. The molecule has 3 aromatic carbocycles. The molecule has 0 heterocycles. The zero-order chi connectivity index (χ0) is 28.2. The third kappa shape index (κ3) is 7.55. The first-order valence-electron chi connectivity index (χ1n) is 15.1. The summed E-state index contributed by atoms with van der Waals surface area (Å²) in [5.41, 5.74) is 1.37. The minimum atomic E-state index is -1.72. The van der Waals surface area contributed by atoms with Crippen LogP contribution in [0, 0.1) is 5.92 Å². The van der Waals surface area contributed by atoms with Gasteiger partial charge in [-0.15, -0.1) is 0 Å². The maximum absolute atomic E-state index is 12.6. The minimum Gasteiger partial charge on any atom is -0.290 e. The van der Waals surface area contributed by atoms with Gasteiger partial charge >= 0.3 is 0 Å². The molecule has 1 aliphatic rings. The van der Waals surface area contributed by atoms with Crippen molar-refractivity contribution in [2.75, 3.05) is 6.16 Å². The van der Waals surface area contributed by atoms with E-state index in [0.717, 1.165) is 19.3 Å². The van der Waals surface area contributed by atoms with E-state index < -0.39 is 7.26 Å². The maximum atomic E-state index is 12.6. The van der Waals surface area contributed by atoms with Crippen molar-refractivity contribution in [3.63, 3.8) is 0 Å². The number of carbonyl (C=O) groups is 2. The van der Waals surface area contributed by atoms with Crippen molar-refractivity contribution in [3.05, 3.63) is 114 Å². The number of Topliss-reactive ketones (excluding diaryl/α,β-unsaturated/α-hetero) is 1. The van der Waals surface area contributed by atoms with Crippen LogP contribution in [-0.4, -0.2) is 17.7 Å². The van der Waals surface area contributed by atoms with E-state index >= 15 is 0 Å². The first kappa shape index (κ1) is 29.9. The lowest BCUT2D eigenvalue weighted by Gasteiger charge is -2.27. The monoisotopic (exact) mass is 551 g/mol. The Bertz CT molecular complexity index is 1190. The number of ketones is 2. The maximum Gasteiger partial charge on any atom is 0.185 e. The summed E-state index contributed by atoms with van der Waals surface area (Å²) in [6.07, 6.45) is 14.5. The highest BCUT2D eigenvalue weighted by atomic mass is 31.2. The van der Waals surface area contributed by atoms with E-state index in [4.69, 9.17) is 0 Å². The topological polar surface area (TPSA) is 34.1 Å². The zero-order valence-corrected chi connectivity index (χ0v) is 25.1. The van der Waals surface area contributed by atoms with E-state index in [-0.39, 0.29) is 17.5 Å². The Morgan fingerprint density at radius 1 is 0.550 bits per heavy atom. The van der Waals surface area contributed by atoms with Gasteiger partial charge in [-0.2, -0.15) is 0 Å². The number of benzene rings is 3. The van der Waals surface area contributed by atoms with Gasteiger partial charge < -0.3 is 0 Å². The largest absolute Gasteiger partial charge is 0.290 e. The van der Waals surface area contributed by atoms with E-state index in [1.54, 1.807) is 6.08 Å². The Morgan fingerprint density at radius 3 is 1.43 bits per heavy atom. The van der Waals surface area contributed by atoms with Gasteiger partial charge in [0.25, 0.3) is 0 Å². The van der Waals surface area contributed by atoms with Crippen LogP contribution < -0.4 is 15.9 Å². The molecule has 0 fully saturated rings. The Hall–Kier alpha value is -3.09. The van der Waals surface area contributed by atoms with Crippen molar-refractivity contribution in [1.82, 2.24) is 0 Å². The molecule has 0 unspecified atom stereocenters. The number of rotatable bonds is 15. The van der Waals surface area contributed by atoms with Gasteiger partial charge in [0.1, 0.15) is 23.2 Å². The summed E-state index contributed by atoms with van der Waals surface area (Å²) >= 11 is 0. The highest BCUT2D eigenvalue weighted by Crippen LogP contribution is 2.56. The number of allylic oxidation sites excluding steroid dienone is 4. The van der Waals surface area contributed by atoms with Crippen LogP contribution >= 0.6 is 7.26 Å². The Morgan fingerprint density at radius 2 is 0.975 bits per heavy atom. The molecule has 0 atom stereocenters. The van der Waals surface area contributed by atoms with Crippen LogP contribution in [0.15, 0.2) is 114 Å². The van der Waals surface area contributed by atoms with Gasteiger partial charge in [-0.25, -0.2) is 0 Å². The molecule has 2 nitrogen and oxygen atoms in total. The predicted octanol–water partition coefficient (Wildman–Crippen LogP) is 8.15. The average Bonchev–Trinajstić information content (AvgIpc) is 2.99. The van der Waals surface area contributed by atoms with Gasteiger partial charge in [-0.05, 0) is 80.2 Å². The molecule has 3 aromatic rings. The molecule has 0 amide bonds. The Labute approximate surface area is 242 Å². The second kappa shape index (κ2) is 15.1. The lowest BCUT2D eigenvalue weighted by molar-refractivity contribution is -0.115. The molecule has 0 aromatic heterocycles. The lowest BCUT2D eigenvalue weighted by atomic mass is 9.86. The van der Waals surface area contributed by atoms with E-state index in [2.05, 4.69) is 91.0 Å². The highest BCUT2D eigenvalue weighted by Gasteiger charge is 2.44.